The predicted molar refractivity (Wildman–Crippen MR) is 125 cm³/mol. The molecule has 2 N–H and O–H groups in total. The molecule has 5 nitrogen and oxygen atoms in total. The first-order valence-electron chi connectivity index (χ1n) is 8.52. The van der Waals surface area contributed by atoms with Gasteiger partial charge in [-0.3, -0.25) is 9.79 Å². The average molecular weight is 498 g/mol. The molecule has 0 aliphatic heterocycles. The van der Waals surface area contributed by atoms with Crippen molar-refractivity contribution < 1.29 is 4.79 Å². The Bertz CT molecular complexity index is 723. The van der Waals surface area contributed by atoms with Gasteiger partial charge in [0, 0.05) is 44.2 Å². The van der Waals surface area contributed by atoms with Crippen LogP contribution in [-0.2, 0) is 6.54 Å². The summed E-state index contributed by atoms with van der Waals surface area (Å²) in [6.07, 6.45) is 2.07. The standard InChI is InChI=1S/C20H26N4OS.HI/c1-21-20(24(2)15-16-9-11-18(26-3)12-10-16)23-14-13-22-19(25)17-7-5-4-6-8-17;/h4-12H,13-15H2,1-3H3,(H,21,23)(H,22,25);1H. The number of hydrogen-bond acceptors (Lipinski definition) is 3. The molecule has 1 amide bonds. The van der Waals surface area contributed by atoms with Gasteiger partial charge >= 0.3 is 0 Å². The van der Waals surface area contributed by atoms with E-state index in [4.69, 9.17) is 0 Å². The van der Waals surface area contributed by atoms with Gasteiger partial charge in [-0.25, -0.2) is 0 Å². The third-order valence-corrected chi connectivity index (χ3v) is 4.63. The highest BCUT2D eigenvalue weighted by Gasteiger charge is 2.07. The molecule has 0 atom stereocenters. The molecule has 0 saturated carbocycles. The molecule has 0 spiro atoms. The minimum atomic E-state index is -0.0652. The number of thioether (sulfide) groups is 1. The Morgan fingerprint density at radius 1 is 1.04 bits per heavy atom. The largest absolute Gasteiger partial charge is 0.354 e. The molecule has 0 aliphatic carbocycles. The Balaban J connectivity index is 0.00000364. The first kappa shape index (κ1) is 23.3. The van der Waals surface area contributed by atoms with Gasteiger partial charge in [0.05, 0.1) is 0 Å². The average Bonchev–Trinajstić information content (AvgIpc) is 2.69. The van der Waals surface area contributed by atoms with Crippen LogP contribution in [-0.4, -0.2) is 50.2 Å². The van der Waals surface area contributed by atoms with Crippen molar-refractivity contribution in [2.75, 3.05) is 33.4 Å². The summed E-state index contributed by atoms with van der Waals surface area (Å²) in [4.78, 5) is 19.6. The number of carbonyl (C=O) groups excluding carboxylic acids is 1. The summed E-state index contributed by atoms with van der Waals surface area (Å²) in [6, 6.07) is 17.7. The third kappa shape index (κ3) is 7.80. The van der Waals surface area contributed by atoms with Crippen molar-refractivity contribution in [1.29, 1.82) is 0 Å². The number of rotatable bonds is 7. The van der Waals surface area contributed by atoms with E-state index in [1.54, 1.807) is 30.9 Å². The summed E-state index contributed by atoms with van der Waals surface area (Å²) >= 11 is 1.74. The van der Waals surface area contributed by atoms with Crippen molar-refractivity contribution in [3.05, 3.63) is 65.7 Å². The second-order valence-corrected chi connectivity index (χ2v) is 6.68. The number of nitrogens with one attached hydrogen (secondary N) is 2. The molecule has 0 bridgehead atoms. The summed E-state index contributed by atoms with van der Waals surface area (Å²) < 4.78 is 0. The summed E-state index contributed by atoms with van der Waals surface area (Å²) in [5.74, 6) is 0.734. The molecule has 146 valence electrons. The van der Waals surface area contributed by atoms with E-state index in [9.17, 15) is 4.79 Å². The van der Waals surface area contributed by atoms with Gasteiger partial charge in [-0.15, -0.1) is 35.7 Å². The van der Waals surface area contributed by atoms with Gasteiger partial charge in [-0.2, -0.15) is 0 Å². The Morgan fingerprint density at radius 2 is 1.67 bits per heavy atom. The molecule has 0 radical (unpaired) electrons. The summed E-state index contributed by atoms with van der Waals surface area (Å²) in [6.45, 7) is 1.91. The van der Waals surface area contributed by atoms with Gasteiger partial charge < -0.3 is 15.5 Å². The van der Waals surface area contributed by atoms with Crippen molar-refractivity contribution in [1.82, 2.24) is 15.5 Å². The van der Waals surface area contributed by atoms with Gasteiger partial charge in [0.2, 0.25) is 0 Å². The van der Waals surface area contributed by atoms with Gasteiger partial charge in [-0.1, -0.05) is 30.3 Å². The second-order valence-electron chi connectivity index (χ2n) is 5.80. The number of nitrogens with zero attached hydrogens (tertiary/aromatic N) is 2. The van der Waals surface area contributed by atoms with Crippen LogP contribution < -0.4 is 10.6 Å². The lowest BCUT2D eigenvalue weighted by Gasteiger charge is -2.22. The number of aliphatic imine (C=N–C) groups is 1. The molecule has 2 rings (SSSR count). The van der Waals surface area contributed by atoms with Crippen molar-refractivity contribution in [3.8, 4) is 0 Å². The van der Waals surface area contributed by atoms with Crippen LogP contribution >= 0.6 is 35.7 Å². The number of carbonyl (C=O) groups is 1. The van der Waals surface area contributed by atoms with Gasteiger partial charge in [-0.05, 0) is 36.1 Å². The van der Waals surface area contributed by atoms with Gasteiger partial charge in [0.1, 0.15) is 0 Å². The van der Waals surface area contributed by atoms with E-state index < -0.39 is 0 Å². The molecule has 2 aromatic carbocycles. The Labute approximate surface area is 183 Å². The zero-order valence-corrected chi connectivity index (χ0v) is 19.1. The van der Waals surface area contributed by atoms with Crippen LogP contribution in [0, 0.1) is 0 Å². The highest BCUT2D eigenvalue weighted by molar-refractivity contribution is 14.0. The maximum atomic E-state index is 12.0. The first-order valence-corrected chi connectivity index (χ1v) is 9.74. The van der Waals surface area contributed by atoms with Crippen molar-refractivity contribution >= 4 is 47.6 Å². The Hall–Kier alpha value is -1.74. The fourth-order valence-electron chi connectivity index (χ4n) is 2.51. The van der Waals surface area contributed by atoms with Crippen LogP contribution in [0.25, 0.3) is 0 Å². The maximum absolute atomic E-state index is 12.0. The highest BCUT2D eigenvalue weighted by atomic mass is 127. The zero-order valence-electron chi connectivity index (χ0n) is 15.9. The smallest absolute Gasteiger partial charge is 0.251 e. The zero-order chi connectivity index (χ0) is 18.8. The lowest BCUT2D eigenvalue weighted by atomic mass is 10.2. The van der Waals surface area contributed by atoms with E-state index >= 15 is 0 Å². The number of halogens is 1. The summed E-state index contributed by atoms with van der Waals surface area (Å²) in [5.41, 5.74) is 1.90. The van der Waals surface area contributed by atoms with Crippen LogP contribution in [0.5, 0.6) is 0 Å². The van der Waals surface area contributed by atoms with E-state index in [2.05, 4.69) is 51.0 Å². The molecule has 7 heteroatoms. The quantitative estimate of drug-likeness (QED) is 0.202. The van der Waals surface area contributed by atoms with E-state index in [0.717, 1.165) is 12.5 Å². The number of benzene rings is 2. The van der Waals surface area contributed by atoms with E-state index in [1.807, 2.05) is 25.2 Å². The van der Waals surface area contributed by atoms with Crippen LogP contribution in [0.15, 0.2) is 64.5 Å². The second kappa shape index (κ2) is 12.6. The van der Waals surface area contributed by atoms with Crippen LogP contribution in [0.3, 0.4) is 0 Å². The lowest BCUT2D eigenvalue weighted by Crippen LogP contribution is -2.42. The number of guanidine groups is 1. The molecule has 27 heavy (non-hydrogen) atoms. The third-order valence-electron chi connectivity index (χ3n) is 3.88. The molecule has 0 heterocycles. The van der Waals surface area contributed by atoms with Crippen molar-refractivity contribution in [3.63, 3.8) is 0 Å². The molecule has 0 unspecified atom stereocenters. The molecular formula is C20H27IN4OS. The van der Waals surface area contributed by atoms with Gasteiger partial charge in [0.25, 0.3) is 5.91 Å². The molecule has 0 saturated heterocycles. The topological polar surface area (TPSA) is 56.7 Å². The van der Waals surface area contributed by atoms with Crippen LogP contribution in [0.4, 0.5) is 0 Å². The first-order chi connectivity index (χ1) is 12.6. The fourth-order valence-corrected chi connectivity index (χ4v) is 2.91. The number of amides is 1. The van der Waals surface area contributed by atoms with Crippen LogP contribution in [0.2, 0.25) is 0 Å². The maximum Gasteiger partial charge on any atom is 0.251 e. The lowest BCUT2D eigenvalue weighted by molar-refractivity contribution is 0.0954. The Kier molecular flexibility index (Phi) is 10.9. The minimum Gasteiger partial charge on any atom is -0.354 e. The van der Waals surface area contributed by atoms with E-state index in [0.29, 0.717) is 18.7 Å². The van der Waals surface area contributed by atoms with Gasteiger partial charge in [0.15, 0.2) is 5.96 Å². The molecule has 2 aromatic rings. The molecule has 0 aliphatic rings. The molecule has 0 aromatic heterocycles. The molecular weight excluding hydrogens is 471 g/mol. The minimum absolute atomic E-state index is 0. The predicted octanol–water partition coefficient (Wildman–Crippen LogP) is 3.46. The number of hydrogen-bond donors (Lipinski definition) is 2. The Morgan fingerprint density at radius 3 is 2.26 bits per heavy atom. The van der Waals surface area contributed by atoms with Crippen molar-refractivity contribution in [2.45, 2.75) is 11.4 Å². The van der Waals surface area contributed by atoms with E-state index in [1.165, 1.54) is 10.5 Å². The summed E-state index contributed by atoms with van der Waals surface area (Å²) in [7, 11) is 3.76. The van der Waals surface area contributed by atoms with E-state index in [-0.39, 0.29) is 29.9 Å². The molecule has 0 fully saturated rings. The summed E-state index contributed by atoms with van der Waals surface area (Å²) in [5, 5.41) is 6.18. The van der Waals surface area contributed by atoms with Crippen LogP contribution in [0.1, 0.15) is 15.9 Å². The fraction of sp³-hybridized carbons (Fsp3) is 0.300. The highest BCUT2D eigenvalue weighted by Crippen LogP contribution is 2.15. The monoisotopic (exact) mass is 498 g/mol. The SMILES string of the molecule is CN=C(NCCNC(=O)c1ccccc1)N(C)Cc1ccc(SC)cc1.I. The van der Waals surface area contributed by atoms with Crippen molar-refractivity contribution in [2.24, 2.45) is 4.99 Å². The normalized spacial score (nSPS) is 10.7.